The standard InChI is InChI=1S/C8H6ClFN2/c1-4-11-6-3-2-5(10)7(9)8(6)12-4/h2-3H,1H3,(H,11,12). The molecule has 12 heavy (non-hydrogen) atoms. The number of hydrogen-bond acceptors (Lipinski definition) is 1. The van der Waals surface area contributed by atoms with Crippen LogP contribution in [0, 0.1) is 12.7 Å². The fraction of sp³-hybridized carbons (Fsp3) is 0.125. The molecule has 1 aromatic carbocycles. The summed E-state index contributed by atoms with van der Waals surface area (Å²) in [5.41, 5.74) is 1.26. The Kier molecular flexibility index (Phi) is 1.54. The number of imidazole rings is 1. The lowest BCUT2D eigenvalue weighted by atomic mass is 10.3. The summed E-state index contributed by atoms with van der Waals surface area (Å²) in [7, 11) is 0. The first-order valence-corrected chi connectivity index (χ1v) is 3.86. The molecule has 2 rings (SSSR count). The van der Waals surface area contributed by atoms with E-state index in [0.717, 1.165) is 11.3 Å². The first-order valence-electron chi connectivity index (χ1n) is 3.49. The molecule has 62 valence electrons. The molecule has 1 N–H and O–H groups in total. The minimum absolute atomic E-state index is 0.0804. The number of H-pyrrole nitrogens is 1. The van der Waals surface area contributed by atoms with Gasteiger partial charge in [0.05, 0.1) is 5.52 Å². The number of halogens is 2. The molecule has 2 aromatic rings. The Morgan fingerprint density at radius 1 is 1.50 bits per heavy atom. The van der Waals surface area contributed by atoms with Gasteiger partial charge in [-0.2, -0.15) is 0 Å². The summed E-state index contributed by atoms with van der Waals surface area (Å²) >= 11 is 5.68. The topological polar surface area (TPSA) is 28.7 Å². The Labute approximate surface area is 73.4 Å². The van der Waals surface area contributed by atoms with Crippen LogP contribution in [0.4, 0.5) is 4.39 Å². The number of fused-ring (bicyclic) bond motifs is 1. The quantitative estimate of drug-likeness (QED) is 0.670. The molecule has 4 heteroatoms. The van der Waals surface area contributed by atoms with Crippen molar-refractivity contribution in [2.75, 3.05) is 0 Å². The van der Waals surface area contributed by atoms with E-state index < -0.39 is 5.82 Å². The third kappa shape index (κ3) is 0.975. The molecule has 1 heterocycles. The highest BCUT2D eigenvalue weighted by Crippen LogP contribution is 2.23. The van der Waals surface area contributed by atoms with Gasteiger partial charge in [-0.25, -0.2) is 9.37 Å². The Balaban J connectivity index is 2.89. The molecular weight excluding hydrogens is 179 g/mol. The number of nitrogens with zero attached hydrogens (tertiary/aromatic N) is 1. The van der Waals surface area contributed by atoms with Gasteiger partial charge < -0.3 is 4.98 Å². The lowest BCUT2D eigenvalue weighted by Gasteiger charge is -1.92. The average molecular weight is 185 g/mol. The minimum atomic E-state index is -0.435. The number of hydrogen-bond donors (Lipinski definition) is 1. The molecule has 0 saturated carbocycles. The zero-order chi connectivity index (χ0) is 8.72. The van der Waals surface area contributed by atoms with E-state index in [2.05, 4.69) is 9.97 Å². The van der Waals surface area contributed by atoms with Crippen LogP contribution in [-0.4, -0.2) is 9.97 Å². The first-order chi connectivity index (χ1) is 5.68. The van der Waals surface area contributed by atoms with E-state index in [4.69, 9.17) is 11.6 Å². The van der Waals surface area contributed by atoms with Gasteiger partial charge in [0.1, 0.15) is 22.2 Å². The van der Waals surface area contributed by atoms with Gasteiger partial charge in [-0.15, -0.1) is 0 Å². The summed E-state index contributed by atoms with van der Waals surface area (Å²) in [6.45, 7) is 1.80. The maximum Gasteiger partial charge on any atom is 0.144 e. The van der Waals surface area contributed by atoms with E-state index in [1.165, 1.54) is 6.07 Å². The van der Waals surface area contributed by atoms with Crippen molar-refractivity contribution in [3.63, 3.8) is 0 Å². The van der Waals surface area contributed by atoms with Crippen LogP contribution in [-0.2, 0) is 0 Å². The fourth-order valence-electron chi connectivity index (χ4n) is 1.14. The van der Waals surface area contributed by atoms with Crippen LogP contribution >= 0.6 is 11.6 Å². The van der Waals surface area contributed by atoms with E-state index in [1.54, 1.807) is 13.0 Å². The van der Waals surface area contributed by atoms with Crippen LogP contribution < -0.4 is 0 Å². The zero-order valence-corrected chi connectivity index (χ0v) is 7.11. The third-order valence-electron chi connectivity index (χ3n) is 1.66. The average Bonchev–Trinajstić information content (AvgIpc) is 2.39. The number of nitrogens with one attached hydrogen (secondary N) is 1. The molecule has 0 unspecified atom stereocenters. The van der Waals surface area contributed by atoms with Crippen molar-refractivity contribution in [2.24, 2.45) is 0 Å². The molecule has 0 aliphatic heterocycles. The summed E-state index contributed by atoms with van der Waals surface area (Å²) in [6, 6.07) is 2.94. The largest absolute Gasteiger partial charge is 0.342 e. The van der Waals surface area contributed by atoms with Crippen molar-refractivity contribution in [2.45, 2.75) is 6.92 Å². The molecule has 0 saturated heterocycles. The molecule has 0 atom stereocenters. The van der Waals surface area contributed by atoms with Crippen LogP contribution in [0.2, 0.25) is 5.02 Å². The van der Waals surface area contributed by atoms with Gasteiger partial charge in [0.15, 0.2) is 0 Å². The summed E-state index contributed by atoms with van der Waals surface area (Å²) in [5, 5.41) is 0.0804. The predicted octanol–water partition coefficient (Wildman–Crippen LogP) is 2.66. The van der Waals surface area contributed by atoms with Crippen molar-refractivity contribution >= 4 is 22.6 Å². The Hall–Kier alpha value is -1.09. The number of benzene rings is 1. The molecule has 0 aliphatic rings. The molecule has 0 fully saturated rings. The number of aromatic amines is 1. The SMILES string of the molecule is Cc1nc2c(Cl)c(F)ccc2[nH]1. The summed E-state index contributed by atoms with van der Waals surface area (Å²) in [4.78, 5) is 7.01. The highest BCUT2D eigenvalue weighted by molar-refractivity contribution is 6.35. The van der Waals surface area contributed by atoms with Crippen molar-refractivity contribution in [3.8, 4) is 0 Å². The third-order valence-corrected chi connectivity index (χ3v) is 2.02. The minimum Gasteiger partial charge on any atom is -0.342 e. The van der Waals surface area contributed by atoms with Gasteiger partial charge in [0, 0.05) is 0 Å². The van der Waals surface area contributed by atoms with Crippen LogP contribution in [0.5, 0.6) is 0 Å². The van der Waals surface area contributed by atoms with Crippen molar-refractivity contribution in [1.82, 2.24) is 9.97 Å². The number of rotatable bonds is 0. The van der Waals surface area contributed by atoms with Crippen molar-refractivity contribution in [1.29, 1.82) is 0 Å². The van der Waals surface area contributed by atoms with E-state index in [0.29, 0.717) is 5.52 Å². The van der Waals surface area contributed by atoms with Gasteiger partial charge in [-0.05, 0) is 19.1 Å². The smallest absolute Gasteiger partial charge is 0.144 e. The number of aromatic nitrogens is 2. The van der Waals surface area contributed by atoms with E-state index in [9.17, 15) is 4.39 Å². The Morgan fingerprint density at radius 2 is 2.25 bits per heavy atom. The van der Waals surface area contributed by atoms with Gasteiger partial charge in [0.25, 0.3) is 0 Å². The first kappa shape index (κ1) is 7.55. The van der Waals surface area contributed by atoms with Gasteiger partial charge >= 0.3 is 0 Å². The summed E-state index contributed by atoms with van der Waals surface area (Å²) in [5.74, 6) is 0.299. The van der Waals surface area contributed by atoms with Gasteiger partial charge in [-0.3, -0.25) is 0 Å². The zero-order valence-electron chi connectivity index (χ0n) is 6.36. The maximum absolute atomic E-state index is 12.9. The fourth-order valence-corrected chi connectivity index (χ4v) is 1.35. The molecule has 0 amide bonds. The predicted molar refractivity (Wildman–Crippen MR) is 45.8 cm³/mol. The molecule has 2 nitrogen and oxygen atoms in total. The monoisotopic (exact) mass is 184 g/mol. The maximum atomic E-state index is 12.9. The second-order valence-electron chi connectivity index (χ2n) is 2.58. The summed E-state index contributed by atoms with van der Waals surface area (Å²) < 4.78 is 12.9. The molecule has 0 spiro atoms. The molecule has 1 aromatic heterocycles. The van der Waals surface area contributed by atoms with E-state index in [1.807, 2.05) is 0 Å². The normalized spacial score (nSPS) is 10.9. The van der Waals surface area contributed by atoms with Crippen molar-refractivity contribution in [3.05, 3.63) is 28.8 Å². The highest BCUT2D eigenvalue weighted by atomic mass is 35.5. The van der Waals surface area contributed by atoms with E-state index >= 15 is 0 Å². The van der Waals surface area contributed by atoms with Gasteiger partial charge in [-0.1, -0.05) is 11.6 Å². The lowest BCUT2D eigenvalue weighted by Crippen LogP contribution is -1.77. The number of aryl methyl sites for hydroxylation is 1. The molecular formula is C8H6ClFN2. The van der Waals surface area contributed by atoms with Crippen LogP contribution in [0.15, 0.2) is 12.1 Å². The van der Waals surface area contributed by atoms with Gasteiger partial charge in [0.2, 0.25) is 0 Å². The van der Waals surface area contributed by atoms with Crippen LogP contribution in [0.3, 0.4) is 0 Å². The second kappa shape index (κ2) is 2.45. The van der Waals surface area contributed by atoms with Crippen LogP contribution in [0.25, 0.3) is 11.0 Å². The Bertz CT molecular complexity index is 436. The molecule has 0 radical (unpaired) electrons. The lowest BCUT2D eigenvalue weighted by molar-refractivity contribution is 0.630. The van der Waals surface area contributed by atoms with E-state index in [-0.39, 0.29) is 5.02 Å². The summed E-state index contributed by atoms with van der Waals surface area (Å²) in [6.07, 6.45) is 0. The second-order valence-corrected chi connectivity index (χ2v) is 2.96. The van der Waals surface area contributed by atoms with Crippen LogP contribution in [0.1, 0.15) is 5.82 Å². The highest BCUT2D eigenvalue weighted by Gasteiger charge is 2.07. The molecule has 0 bridgehead atoms. The van der Waals surface area contributed by atoms with Crippen molar-refractivity contribution < 1.29 is 4.39 Å². The molecule has 0 aliphatic carbocycles. The Morgan fingerprint density at radius 3 is 3.00 bits per heavy atom.